The number of nitro benzene ring substituents is 1. The smallest absolute Gasteiger partial charge is 0.292 e. The minimum Gasteiger partial charge on any atom is -0.374 e. The molecule has 1 heterocycles. The molecule has 1 N–H and O–H groups in total. The minimum atomic E-state index is -0.379. The van der Waals surface area contributed by atoms with E-state index in [0.29, 0.717) is 12.2 Å². The number of aryl methyl sites for hydroxylation is 1. The van der Waals surface area contributed by atoms with Crippen LogP contribution in [-0.2, 0) is 6.54 Å². The predicted octanol–water partition coefficient (Wildman–Crippen LogP) is 2.97. The van der Waals surface area contributed by atoms with Crippen LogP contribution >= 0.6 is 11.3 Å². The van der Waals surface area contributed by atoms with Crippen LogP contribution in [0.1, 0.15) is 11.3 Å². The van der Waals surface area contributed by atoms with E-state index in [9.17, 15) is 10.1 Å². The van der Waals surface area contributed by atoms with E-state index in [1.807, 2.05) is 18.4 Å². The fourth-order valence-electron chi connectivity index (χ4n) is 1.54. The van der Waals surface area contributed by atoms with E-state index in [4.69, 9.17) is 0 Å². The number of rotatable bonds is 4. The van der Waals surface area contributed by atoms with Crippen molar-refractivity contribution in [3.8, 4) is 0 Å². The summed E-state index contributed by atoms with van der Waals surface area (Å²) in [7, 11) is 0. The van der Waals surface area contributed by atoms with Crippen LogP contribution in [0, 0.1) is 17.0 Å². The highest BCUT2D eigenvalue weighted by Gasteiger charge is 2.14. The van der Waals surface area contributed by atoms with Gasteiger partial charge in [0.15, 0.2) is 0 Å². The summed E-state index contributed by atoms with van der Waals surface area (Å²) in [4.78, 5) is 14.6. The molecule has 0 saturated heterocycles. The van der Waals surface area contributed by atoms with Crippen molar-refractivity contribution >= 4 is 22.7 Å². The molecule has 0 unspecified atom stereocenters. The zero-order chi connectivity index (χ0) is 12.3. The van der Waals surface area contributed by atoms with Gasteiger partial charge in [0.25, 0.3) is 5.69 Å². The molecule has 5 nitrogen and oxygen atoms in total. The van der Waals surface area contributed by atoms with E-state index in [0.717, 1.165) is 11.3 Å². The Morgan fingerprint density at radius 1 is 1.53 bits per heavy atom. The van der Waals surface area contributed by atoms with Gasteiger partial charge < -0.3 is 5.32 Å². The summed E-state index contributed by atoms with van der Waals surface area (Å²) in [5.41, 5.74) is 4.14. The maximum Gasteiger partial charge on any atom is 0.292 e. The van der Waals surface area contributed by atoms with Crippen LogP contribution in [0.5, 0.6) is 0 Å². The maximum atomic E-state index is 10.9. The Kier molecular flexibility index (Phi) is 3.34. The monoisotopic (exact) mass is 249 g/mol. The van der Waals surface area contributed by atoms with E-state index in [1.165, 1.54) is 17.4 Å². The van der Waals surface area contributed by atoms with E-state index >= 15 is 0 Å². The summed E-state index contributed by atoms with van der Waals surface area (Å²) in [6.07, 6.45) is 0. The van der Waals surface area contributed by atoms with E-state index in [2.05, 4.69) is 10.3 Å². The second-order valence-electron chi connectivity index (χ2n) is 3.56. The molecule has 1 aromatic heterocycles. The summed E-state index contributed by atoms with van der Waals surface area (Å²) in [6.45, 7) is 2.34. The number of hydrogen-bond acceptors (Lipinski definition) is 5. The van der Waals surface area contributed by atoms with Gasteiger partial charge in [-0.05, 0) is 12.5 Å². The van der Waals surface area contributed by atoms with Crippen molar-refractivity contribution in [1.82, 2.24) is 4.98 Å². The van der Waals surface area contributed by atoms with Crippen LogP contribution in [0.2, 0.25) is 0 Å². The molecular formula is C11H11N3O2S. The van der Waals surface area contributed by atoms with Crippen molar-refractivity contribution in [3.05, 3.63) is 50.5 Å². The van der Waals surface area contributed by atoms with E-state index in [-0.39, 0.29) is 10.6 Å². The van der Waals surface area contributed by atoms with Crippen LogP contribution in [0.15, 0.2) is 29.1 Å². The Morgan fingerprint density at radius 2 is 2.35 bits per heavy atom. The SMILES string of the molecule is Cc1cccc([N+](=O)[O-])c1NCc1cscn1. The number of benzene rings is 1. The average molecular weight is 249 g/mol. The van der Waals surface area contributed by atoms with Gasteiger partial charge in [0.05, 0.1) is 22.7 Å². The molecule has 0 radical (unpaired) electrons. The molecule has 0 aliphatic rings. The summed E-state index contributed by atoms with van der Waals surface area (Å²) in [5, 5.41) is 15.9. The summed E-state index contributed by atoms with van der Waals surface area (Å²) in [6, 6.07) is 5.02. The summed E-state index contributed by atoms with van der Waals surface area (Å²) >= 11 is 1.50. The lowest BCUT2D eigenvalue weighted by atomic mass is 10.1. The number of para-hydroxylation sites is 1. The van der Waals surface area contributed by atoms with Crippen molar-refractivity contribution in [1.29, 1.82) is 0 Å². The molecule has 17 heavy (non-hydrogen) atoms. The molecule has 0 fully saturated rings. The number of hydrogen-bond donors (Lipinski definition) is 1. The summed E-state index contributed by atoms with van der Waals surface area (Å²) in [5.74, 6) is 0. The maximum absolute atomic E-state index is 10.9. The number of thiazole rings is 1. The number of nitrogens with one attached hydrogen (secondary N) is 1. The normalized spacial score (nSPS) is 10.2. The Hall–Kier alpha value is -1.95. The lowest BCUT2D eigenvalue weighted by molar-refractivity contribution is -0.384. The van der Waals surface area contributed by atoms with Gasteiger partial charge in [-0.15, -0.1) is 11.3 Å². The topological polar surface area (TPSA) is 68.1 Å². The Bertz CT molecular complexity index is 526. The van der Waals surface area contributed by atoms with Gasteiger partial charge in [0.1, 0.15) is 5.69 Å². The molecule has 88 valence electrons. The van der Waals surface area contributed by atoms with Crippen molar-refractivity contribution in [2.75, 3.05) is 5.32 Å². The highest BCUT2D eigenvalue weighted by Crippen LogP contribution is 2.27. The zero-order valence-electron chi connectivity index (χ0n) is 9.21. The van der Waals surface area contributed by atoms with E-state index in [1.54, 1.807) is 11.6 Å². The van der Waals surface area contributed by atoms with Crippen LogP contribution < -0.4 is 5.32 Å². The van der Waals surface area contributed by atoms with Crippen LogP contribution in [0.3, 0.4) is 0 Å². The van der Waals surface area contributed by atoms with Crippen LogP contribution in [0.4, 0.5) is 11.4 Å². The highest BCUT2D eigenvalue weighted by molar-refractivity contribution is 7.07. The molecule has 2 aromatic rings. The molecule has 0 saturated carbocycles. The zero-order valence-corrected chi connectivity index (χ0v) is 10.0. The Balaban J connectivity index is 2.22. The quantitative estimate of drug-likeness (QED) is 0.668. The first-order valence-corrected chi connectivity index (χ1v) is 5.97. The third-order valence-corrected chi connectivity index (χ3v) is 3.01. The molecule has 2 rings (SSSR count). The minimum absolute atomic E-state index is 0.0974. The largest absolute Gasteiger partial charge is 0.374 e. The second-order valence-corrected chi connectivity index (χ2v) is 4.28. The standard InChI is InChI=1S/C11H11N3O2S/c1-8-3-2-4-10(14(15)16)11(8)12-5-9-6-17-7-13-9/h2-4,6-7,12H,5H2,1H3. The van der Waals surface area contributed by atoms with Gasteiger partial charge >= 0.3 is 0 Å². The molecule has 0 atom stereocenters. The first-order valence-electron chi connectivity index (χ1n) is 5.03. The second kappa shape index (κ2) is 4.92. The number of nitrogens with zero attached hydrogens (tertiary/aromatic N) is 2. The fourth-order valence-corrected chi connectivity index (χ4v) is 2.10. The third kappa shape index (κ3) is 2.59. The third-order valence-electron chi connectivity index (χ3n) is 2.38. The predicted molar refractivity (Wildman–Crippen MR) is 67.3 cm³/mol. The number of anilines is 1. The van der Waals surface area contributed by atoms with Crippen molar-refractivity contribution in [2.24, 2.45) is 0 Å². The fraction of sp³-hybridized carbons (Fsp3) is 0.182. The molecule has 0 aliphatic heterocycles. The average Bonchev–Trinajstić information content (AvgIpc) is 2.80. The van der Waals surface area contributed by atoms with Crippen LogP contribution in [-0.4, -0.2) is 9.91 Å². The molecule has 0 amide bonds. The molecule has 0 aliphatic carbocycles. The first kappa shape index (κ1) is 11.5. The van der Waals surface area contributed by atoms with Crippen molar-refractivity contribution < 1.29 is 4.92 Å². The molecular weight excluding hydrogens is 238 g/mol. The first-order chi connectivity index (χ1) is 8.18. The van der Waals surface area contributed by atoms with Gasteiger partial charge in [0.2, 0.25) is 0 Å². The van der Waals surface area contributed by atoms with Crippen molar-refractivity contribution in [3.63, 3.8) is 0 Å². The van der Waals surface area contributed by atoms with Gasteiger partial charge in [0, 0.05) is 11.4 Å². The summed E-state index contributed by atoms with van der Waals surface area (Å²) < 4.78 is 0. The Labute approximate surface area is 102 Å². The highest BCUT2D eigenvalue weighted by atomic mass is 32.1. The van der Waals surface area contributed by atoms with Gasteiger partial charge in [-0.3, -0.25) is 10.1 Å². The van der Waals surface area contributed by atoms with E-state index < -0.39 is 0 Å². The molecule has 1 aromatic carbocycles. The lowest BCUT2D eigenvalue weighted by Crippen LogP contribution is -2.04. The number of aromatic nitrogens is 1. The van der Waals surface area contributed by atoms with Gasteiger partial charge in [-0.25, -0.2) is 4.98 Å². The molecule has 6 heteroatoms. The van der Waals surface area contributed by atoms with Crippen molar-refractivity contribution in [2.45, 2.75) is 13.5 Å². The molecule has 0 spiro atoms. The lowest BCUT2D eigenvalue weighted by Gasteiger charge is -2.08. The van der Waals surface area contributed by atoms with Crippen LogP contribution in [0.25, 0.3) is 0 Å². The molecule has 0 bridgehead atoms. The van der Waals surface area contributed by atoms with Gasteiger partial charge in [-0.1, -0.05) is 12.1 Å². The number of nitro groups is 1. The van der Waals surface area contributed by atoms with Gasteiger partial charge in [-0.2, -0.15) is 0 Å². The Morgan fingerprint density at radius 3 is 3.00 bits per heavy atom.